The predicted molar refractivity (Wildman–Crippen MR) is 107 cm³/mol. The van der Waals surface area contributed by atoms with E-state index in [1.807, 2.05) is 12.1 Å². The minimum absolute atomic E-state index is 0.0430. The molecule has 3 N–H and O–H groups in total. The van der Waals surface area contributed by atoms with Crippen LogP contribution in [0.2, 0.25) is 0 Å². The molecule has 1 aromatic rings. The van der Waals surface area contributed by atoms with Gasteiger partial charge in [-0.05, 0) is 26.3 Å². The van der Waals surface area contributed by atoms with Gasteiger partial charge in [0.15, 0.2) is 0 Å². The number of benzene rings is 1. The van der Waals surface area contributed by atoms with Crippen LogP contribution in [0.5, 0.6) is 5.75 Å². The highest BCUT2D eigenvalue weighted by Gasteiger charge is 2.62. The van der Waals surface area contributed by atoms with Gasteiger partial charge in [0.05, 0.1) is 18.3 Å². The minimum atomic E-state index is -1.26. The average molecular weight is 411 g/mol. The maximum absolute atomic E-state index is 10.5. The van der Waals surface area contributed by atoms with Gasteiger partial charge >= 0.3 is 0 Å². The van der Waals surface area contributed by atoms with E-state index < -0.39 is 23.6 Å². The van der Waals surface area contributed by atoms with Gasteiger partial charge in [-0.1, -0.05) is 38.3 Å². The summed E-state index contributed by atoms with van der Waals surface area (Å²) in [5, 5.41) is 30.4. The molecule has 0 aliphatic carbocycles. The summed E-state index contributed by atoms with van der Waals surface area (Å²) in [6.07, 6.45) is 1.56. The third kappa shape index (κ3) is 4.60. The van der Waals surface area contributed by atoms with Gasteiger partial charge in [0.1, 0.15) is 30.7 Å². The number of aliphatic hydroxyl groups is 3. The van der Waals surface area contributed by atoms with E-state index in [9.17, 15) is 15.3 Å². The molecule has 1 saturated heterocycles. The topological polar surface area (TPSA) is 101 Å². The van der Waals surface area contributed by atoms with E-state index in [0.29, 0.717) is 12.2 Å². The fraction of sp³-hybridized carbons (Fsp3) is 0.727. The van der Waals surface area contributed by atoms with E-state index >= 15 is 0 Å². The third-order valence-electron chi connectivity index (χ3n) is 5.84. The number of fused-ring (bicyclic) bond motifs is 1. The fourth-order valence-electron chi connectivity index (χ4n) is 3.82. The number of hydrogen-bond donors (Lipinski definition) is 3. The second kappa shape index (κ2) is 8.88. The summed E-state index contributed by atoms with van der Waals surface area (Å²) < 4.78 is 23.4. The normalized spacial score (nSPS) is 28.1. The molecule has 0 spiro atoms. The zero-order chi connectivity index (χ0) is 21.2. The fourth-order valence-corrected chi connectivity index (χ4v) is 3.82. The second-order valence-electron chi connectivity index (χ2n) is 8.51. The molecule has 5 atom stereocenters. The number of unbranched alkanes of at least 4 members (excludes halogenated alkanes) is 2. The Kier molecular flexibility index (Phi) is 6.88. The molecule has 0 amide bonds. The molecule has 2 aliphatic rings. The SMILES string of the molecule is CCCCC[C@@H](O)[C@@H]1O[C@H]1[C@]1(OC)OCc2c(OC[C@@H](O)C(C)(C)O)cccc21. The smallest absolute Gasteiger partial charge is 0.225 e. The monoisotopic (exact) mass is 410 g/mol. The first-order valence-corrected chi connectivity index (χ1v) is 10.4. The van der Waals surface area contributed by atoms with Crippen molar-refractivity contribution in [1.29, 1.82) is 0 Å². The number of methoxy groups -OCH3 is 1. The molecular weight excluding hydrogens is 376 g/mol. The van der Waals surface area contributed by atoms with Crippen LogP contribution in [0.15, 0.2) is 18.2 Å². The molecule has 7 nitrogen and oxygen atoms in total. The molecule has 0 radical (unpaired) electrons. The summed E-state index contributed by atoms with van der Waals surface area (Å²) in [6.45, 7) is 5.43. The van der Waals surface area contributed by atoms with Gasteiger partial charge in [0, 0.05) is 18.2 Å². The van der Waals surface area contributed by atoms with Gasteiger partial charge in [0.25, 0.3) is 0 Å². The van der Waals surface area contributed by atoms with Crippen molar-refractivity contribution in [2.45, 2.75) is 88.9 Å². The van der Waals surface area contributed by atoms with Crippen LogP contribution in [-0.4, -0.2) is 59.1 Å². The Morgan fingerprint density at radius 3 is 2.69 bits per heavy atom. The second-order valence-corrected chi connectivity index (χ2v) is 8.51. The maximum atomic E-state index is 10.5. The van der Waals surface area contributed by atoms with Crippen molar-refractivity contribution in [3.8, 4) is 5.75 Å². The van der Waals surface area contributed by atoms with E-state index in [-0.39, 0.29) is 25.4 Å². The molecule has 164 valence electrons. The van der Waals surface area contributed by atoms with E-state index in [4.69, 9.17) is 18.9 Å². The molecule has 29 heavy (non-hydrogen) atoms. The zero-order valence-electron chi connectivity index (χ0n) is 17.8. The molecule has 0 unspecified atom stereocenters. The maximum Gasteiger partial charge on any atom is 0.225 e. The Morgan fingerprint density at radius 1 is 1.28 bits per heavy atom. The van der Waals surface area contributed by atoms with Crippen molar-refractivity contribution in [3.05, 3.63) is 29.3 Å². The standard InChI is InChI=1S/C22H34O7/c1-5-6-7-10-16(23)19-20(29-19)22(26-4)15-9-8-11-17(14(15)12-28-22)27-13-18(24)21(2,3)25/h8-9,11,16,18-20,23-25H,5-7,10,12-13H2,1-4H3/t16-,18-,19+,20-,22-/m1/s1. The highest BCUT2D eigenvalue weighted by molar-refractivity contribution is 5.46. The Hall–Kier alpha value is -1.22. The quantitative estimate of drug-likeness (QED) is 0.380. The van der Waals surface area contributed by atoms with E-state index in [1.54, 1.807) is 13.2 Å². The van der Waals surface area contributed by atoms with Crippen LogP contribution in [0.4, 0.5) is 0 Å². The molecular formula is C22H34O7. The van der Waals surface area contributed by atoms with Crippen molar-refractivity contribution in [3.63, 3.8) is 0 Å². The van der Waals surface area contributed by atoms with Crippen LogP contribution in [0.25, 0.3) is 0 Å². The van der Waals surface area contributed by atoms with Gasteiger partial charge in [-0.3, -0.25) is 0 Å². The average Bonchev–Trinajstić information content (AvgIpc) is 3.40. The number of epoxide rings is 1. The lowest BCUT2D eigenvalue weighted by Gasteiger charge is -2.27. The highest BCUT2D eigenvalue weighted by Crippen LogP contribution is 2.51. The van der Waals surface area contributed by atoms with Crippen molar-refractivity contribution in [1.82, 2.24) is 0 Å². The summed E-state index contributed by atoms with van der Waals surface area (Å²) in [7, 11) is 1.57. The first kappa shape index (κ1) is 22.5. The lowest BCUT2D eigenvalue weighted by atomic mass is 9.95. The molecule has 0 saturated carbocycles. The van der Waals surface area contributed by atoms with Crippen LogP contribution < -0.4 is 4.74 Å². The molecule has 2 heterocycles. The highest BCUT2D eigenvalue weighted by atomic mass is 16.7. The summed E-state index contributed by atoms with van der Waals surface area (Å²) >= 11 is 0. The Morgan fingerprint density at radius 2 is 2.03 bits per heavy atom. The summed E-state index contributed by atoms with van der Waals surface area (Å²) in [5.74, 6) is -0.509. The molecule has 1 fully saturated rings. The van der Waals surface area contributed by atoms with Crippen molar-refractivity contribution in [2.24, 2.45) is 0 Å². The van der Waals surface area contributed by atoms with Gasteiger partial charge in [-0.25, -0.2) is 0 Å². The van der Waals surface area contributed by atoms with Crippen LogP contribution >= 0.6 is 0 Å². The summed E-state index contributed by atoms with van der Waals surface area (Å²) in [4.78, 5) is 0. The number of hydrogen-bond acceptors (Lipinski definition) is 7. The van der Waals surface area contributed by atoms with Crippen molar-refractivity contribution < 1.29 is 34.3 Å². The Labute approximate surface area is 172 Å². The van der Waals surface area contributed by atoms with E-state index in [2.05, 4.69) is 6.92 Å². The number of ether oxygens (including phenoxy) is 4. The first-order chi connectivity index (χ1) is 13.7. The van der Waals surface area contributed by atoms with E-state index in [0.717, 1.165) is 30.4 Å². The van der Waals surface area contributed by atoms with Crippen LogP contribution in [-0.2, 0) is 26.6 Å². The third-order valence-corrected chi connectivity index (χ3v) is 5.84. The molecule has 3 rings (SSSR count). The summed E-state index contributed by atoms with van der Waals surface area (Å²) in [5.41, 5.74) is 0.379. The lowest BCUT2D eigenvalue weighted by molar-refractivity contribution is -0.235. The zero-order valence-corrected chi connectivity index (χ0v) is 17.8. The Bertz CT molecular complexity index is 686. The van der Waals surface area contributed by atoms with Crippen LogP contribution in [0, 0.1) is 0 Å². The molecule has 2 aliphatic heterocycles. The number of aliphatic hydroxyl groups excluding tert-OH is 2. The van der Waals surface area contributed by atoms with Gasteiger partial charge < -0.3 is 34.3 Å². The van der Waals surface area contributed by atoms with Crippen molar-refractivity contribution >= 4 is 0 Å². The molecule has 7 heteroatoms. The van der Waals surface area contributed by atoms with Gasteiger partial charge in [-0.2, -0.15) is 0 Å². The predicted octanol–water partition coefficient (Wildman–Crippen LogP) is 2.24. The van der Waals surface area contributed by atoms with Crippen LogP contribution in [0.1, 0.15) is 57.6 Å². The minimum Gasteiger partial charge on any atom is -0.490 e. The van der Waals surface area contributed by atoms with Crippen LogP contribution in [0.3, 0.4) is 0 Å². The Balaban J connectivity index is 1.72. The molecule has 1 aromatic carbocycles. The lowest BCUT2D eigenvalue weighted by Crippen LogP contribution is -2.40. The van der Waals surface area contributed by atoms with Gasteiger partial charge in [0.2, 0.25) is 5.79 Å². The van der Waals surface area contributed by atoms with E-state index in [1.165, 1.54) is 13.8 Å². The largest absolute Gasteiger partial charge is 0.490 e. The molecule has 0 bridgehead atoms. The summed E-state index contributed by atoms with van der Waals surface area (Å²) in [6, 6.07) is 5.55. The first-order valence-electron chi connectivity index (χ1n) is 10.4. The molecule has 0 aromatic heterocycles. The number of rotatable bonds is 11. The van der Waals surface area contributed by atoms with Crippen molar-refractivity contribution in [2.75, 3.05) is 13.7 Å². The van der Waals surface area contributed by atoms with Gasteiger partial charge in [-0.15, -0.1) is 0 Å².